The number of rotatable bonds is 5. The topological polar surface area (TPSA) is 84.7 Å². The zero-order valence-electron chi connectivity index (χ0n) is 16.7. The summed E-state index contributed by atoms with van der Waals surface area (Å²) in [6.45, 7) is 1.41. The van der Waals surface area contributed by atoms with Gasteiger partial charge < -0.3 is 14.5 Å². The highest BCUT2D eigenvalue weighted by Crippen LogP contribution is 2.15. The Balaban J connectivity index is 1.29. The number of hydrogen-bond acceptors (Lipinski definition) is 5. The van der Waals surface area contributed by atoms with Gasteiger partial charge >= 0.3 is 0 Å². The number of nitrogens with zero attached hydrogens (tertiary/aromatic N) is 4. The maximum Gasteiger partial charge on any atom is 0.275 e. The minimum Gasteiger partial charge on any atom is -0.484 e. The molecule has 0 radical (unpaired) electrons. The fraction of sp³-hybridized carbons (Fsp3) is 0.273. The minimum absolute atomic E-state index is 0.0774. The van der Waals surface area contributed by atoms with Crippen LogP contribution in [0, 0.1) is 0 Å². The van der Waals surface area contributed by atoms with Crippen LogP contribution in [-0.2, 0) is 16.1 Å². The van der Waals surface area contributed by atoms with E-state index in [0.29, 0.717) is 42.3 Å². The zero-order chi connectivity index (χ0) is 21.8. The maximum absolute atomic E-state index is 12.7. The third-order valence-corrected chi connectivity index (χ3v) is 5.46. The van der Waals surface area contributed by atoms with Crippen LogP contribution in [-0.4, -0.2) is 64.2 Å². The second kappa shape index (κ2) is 9.18. The third kappa shape index (κ3) is 4.86. The van der Waals surface area contributed by atoms with Crippen molar-refractivity contribution in [1.82, 2.24) is 19.6 Å². The molecule has 160 valence electrons. The van der Waals surface area contributed by atoms with E-state index in [1.165, 1.54) is 4.68 Å². The zero-order valence-corrected chi connectivity index (χ0v) is 17.5. The van der Waals surface area contributed by atoms with Crippen LogP contribution >= 0.6 is 11.6 Å². The molecule has 0 aliphatic carbocycles. The molecule has 1 aliphatic rings. The van der Waals surface area contributed by atoms with E-state index in [4.69, 9.17) is 16.3 Å². The van der Waals surface area contributed by atoms with Gasteiger partial charge in [0.15, 0.2) is 6.61 Å². The molecular weight excluding hydrogens is 420 g/mol. The molecule has 1 aromatic heterocycles. The van der Waals surface area contributed by atoms with E-state index < -0.39 is 0 Å². The molecule has 9 heteroatoms. The summed E-state index contributed by atoms with van der Waals surface area (Å²) in [4.78, 5) is 40.9. The van der Waals surface area contributed by atoms with Gasteiger partial charge in [0.1, 0.15) is 12.3 Å². The van der Waals surface area contributed by atoms with Crippen LogP contribution in [0.25, 0.3) is 10.8 Å². The highest BCUT2D eigenvalue weighted by molar-refractivity contribution is 6.30. The van der Waals surface area contributed by atoms with E-state index in [9.17, 15) is 14.4 Å². The first-order valence-corrected chi connectivity index (χ1v) is 10.3. The van der Waals surface area contributed by atoms with Gasteiger partial charge in [-0.15, -0.1) is 0 Å². The van der Waals surface area contributed by atoms with Gasteiger partial charge in [-0.2, -0.15) is 5.10 Å². The van der Waals surface area contributed by atoms with Gasteiger partial charge in [0, 0.05) is 36.6 Å². The molecule has 31 heavy (non-hydrogen) atoms. The molecule has 1 aliphatic heterocycles. The first-order chi connectivity index (χ1) is 15.0. The summed E-state index contributed by atoms with van der Waals surface area (Å²) < 4.78 is 6.68. The number of hydrogen-bond donors (Lipinski definition) is 0. The average Bonchev–Trinajstić information content (AvgIpc) is 2.80. The highest BCUT2D eigenvalue weighted by Gasteiger charge is 2.25. The molecule has 1 saturated heterocycles. The van der Waals surface area contributed by atoms with E-state index in [1.807, 2.05) is 12.1 Å². The predicted octanol–water partition coefficient (Wildman–Crippen LogP) is 1.80. The monoisotopic (exact) mass is 440 g/mol. The lowest BCUT2D eigenvalue weighted by Gasteiger charge is -2.34. The quantitative estimate of drug-likeness (QED) is 0.604. The molecule has 1 fully saturated rings. The van der Waals surface area contributed by atoms with Gasteiger partial charge in [0.2, 0.25) is 5.91 Å². The molecule has 2 heterocycles. The Morgan fingerprint density at radius 3 is 2.29 bits per heavy atom. The van der Waals surface area contributed by atoms with Crippen LogP contribution in [0.1, 0.15) is 0 Å². The van der Waals surface area contributed by atoms with Crippen LogP contribution in [0.4, 0.5) is 0 Å². The van der Waals surface area contributed by atoms with Crippen molar-refractivity contribution < 1.29 is 14.3 Å². The summed E-state index contributed by atoms with van der Waals surface area (Å²) in [5.74, 6) is 0.226. The Bertz CT molecular complexity index is 1150. The average molecular weight is 441 g/mol. The number of piperazine rings is 1. The lowest BCUT2D eigenvalue weighted by Crippen LogP contribution is -2.52. The fourth-order valence-electron chi connectivity index (χ4n) is 3.44. The molecule has 0 bridgehead atoms. The Hall–Kier alpha value is -3.39. The lowest BCUT2D eigenvalue weighted by atomic mass is 10.2. The molecule has 2 amide bonds. The summed E-state index contributed by atoms with van der Waals surface area (Å²) in [5.41, 5.74) is -0.292. The Kier molecular flexibility index (Phi) is 6.18. The van der Waals surface area contributed by atoms with Gasteiger partial charge in [0.25, 0.3) is 11.5 Å². The van der Waals surface area contributed by atoms with Crippen LogP contribution in [0.15, 0.2) is 59.5 Å². The molecule has 2 aromatic carbocycles. The number of aromatic nitrogens is 2. The van der Waals surface area contributed by atoms with E-state index in [0.717, 1.165) is 5.39 Å². The molecule has 0 saturated carbocycles. The number of carbonyl (C=O) groups excluding carboxylic acids is 2. The molecule has 0 atom stereocenters. The van der Waals surface area contributed by atoms with Gasteiger partial charge in [-0.1, -0.05) is 29.8 Å². The van der Waals surface area contributed by atoms with Crippen LogP contribution in [0.5, 0.6) is 5.75 Å². The van der Waals surface area contributed by atoms with E-state index in [-0.39, 0.29) is 30.5 Å². The minimum atomic E-state index is -0.292. The van der Waals surface area contributed by atoms with E-state index >= 15 is 0 Å². The molecule has 4 rings (SSSR count). The predicted molar refractivity (Wildman–Crippen MR) is 116 cm³/mol. The summed E-state index contributed by atoms with van der Waals surface area (Å²) >= 11 is 5.84. The summed E-state index contributed by atoms with van der Waals surface area (Å²) in [5, 5.41) is 5.98. The van der Waals surface area contributed by atoms with Crippen molar-refractivity contribution in [2.75, 3.05) is 32.8 Å². The Morgan fingerprint density at radius 1 is 0.935 bits per heavy atom. The van der Waals surface area contributed by atoms with Crippen LogP contribution in [0.2, 0.25) is 5.02 Å². The number of carbonyl (C=O) groups is 2. The van der Waals surface area contributed by atoms with Gasteiger partial charge in [-0.05, 0) is 30.3 Å². The number of fused-ring (bicyclic) bond motifs is 1. The van der Waals surface area contributed by atoms with Crippen LogP contribution in [0.3, 0.4) is 0 Å². The van der Waals surface area contributed by atoms with Crippen molar-refractivity contribution in [3.05, 3.63) is 70.1 Å². The second-order valence-corrected chi connectivity index (χ2v) is 7.64. The normalized spacial score (nSPS) is 14.0. The van der Waals surface area contributed by atoms with Gasteiger partial charge in [-0.25, -0.2) is 4.68 Å². The SMILES string of the molecule is O=C(COc1ccc(Cl)cc1)N1CCN(C(=O)Cn2ncc3ccccc3c2=O)CC1. The summed E-state index contributed by atoms with van der Waals surface area (Å²) in [7, 11) is 0. The molecule has 0 spiro atoms. The highest BCUT2D eigenvalue weighted by atomic mass is 35.5. The van der Waals surface area contributed by atoms with Crippen LogP contribution < -0.4 is 10.3 Å². The van der Waals surface area contributed by atoms with E-state index in [1.54, 1.807) is 52.4 Å². The van der Waals surface area contributed by atoms with Crippen molar-refractivity contribution in [2.45, 2.75) is 6.54 Å². The van der Waals surface area contributed by atoms with Crippen molar-refractivity contribution in [3.8, 4) is 5.75 Å². The standard InChI is InChI=1S/C22H21ClN4O4/c23-17-5-7-18(8-6-17)31-15-21(29)26-11-9-25(10-12-26)20(28)14-27-22(30)19-4-2-1-3-16(19)13-24-27/h1-8,13H,9-12,14-15H2. The lowest BCUT2D eigenvalue weighted by molar-refractivity contribution is -0.141. The molecular formula is C22H21ClN4O4. The van der Waals surface area contributed by atoms with Crippen molar-refractivity contribution >= 4 is 34.2 Å². The summed E-state index contributed by atoms with van der Waals surface area (Å²) in [6.07, 6.45) is 1.58. The number of amides is 2. The second-order valence-electron chi connectivity index (χ2n) is 7.20. The number of ether oxygens (including phenoxy) is 1. The molecule has 0 unspecified atom stereocenters. The maximum atomic E-state index is 12.7. The Morgan fingerprint density at radius 2 is 1.58 bits per heavy atom. The van der Waals surface area contributed by atoms with Crippen molar-refractivity contribution in [2.24, 2.45) is 0 Å². The molecule has 8 nitrogen and oxygen atoms in total. The van der Waals surface area contributed by atoms with Gasteiger partial charge in [0.05, 0.1) is 11.6 Å². The smallest absolute Gasteiger partial charge is 0.275 e. The number of benzene rings is 2. The van der Waals surface area contributed by atoms with E-state index in [2.05, 4.69) is 5.10 Å². The molecule has 3 aromatic rings. The van der Waals surface area contributed by atoms with Crippen molar-refractivity contribution in [3.63, 3.8) is 0 Å². The first kappa shape index (κ1) is 20.9. The molecule has 0 N–H and O–H groups in total. The third-order valence-electron chi connectivity index (χ3n) is 5.21. The largest absolute Gasteiger partial charge is 0.484 e. The first-order valence-electron chi connectivity index (χ1n) is 9.90. The summed E-state index contributed by atoms with van der Waals surface area (Å²) in [6, 6.07) is 13.9. The Labute approximate surface area is 183 Å². The van der Waals surface area contributed by atoms with Crippen molar-refractivity contribution in [1.29, 1.82) is 0 Å². The number of halogens is 1. The van der Waals surface area contributed by atoms with Gasteiger partial charge in [-0.3, -0.25) is 14.4 Å². The fourth-order valence-corrected chi connectivity index (χ4v) is 3.57.